The Bertz CT molecular complexity index is 6860. The van der Waals surface area contributed by atoms with Crippen molar-refractivity contribution in [2.24, 2.45) is 0 Å². The highest BCUT2D eigenvalue weighted by Gasteiger charge is 2.24. The molecule has 0 spiro atoms. The molecule has 18 rings (SSSR count). The molecule has 2 fully saturated rings. The minimum atomic E-state index is -0.302. The number of hydrogen-bond acceptors (Lipinski definition) is 16. The van der Waals surface area contributed by atoms with Gasteiger partial charge in [0.2, 0.25) is 5.91 Å². The predicted octanol–water partition coefficient (Wildman–Crippen LogP) is 18.7. The predicted molar refractivity (Wildman–Crippen MR) is 505 cm³/mol. The van der Waals surface area contributed by atoms with Gasteiger partial charge in [-0.3, -0.25) is 24.7 Å². The van der Waals surface area contributed by atoms with Crippen LogP contribution in [0.4, 0.5) is 36.7 Å². The van der Waals surface area contributed by atoms with E-state index < -0.39 is 0 Å². The Morgan fingerprint density at radius 1 is 0.344 bits per heavy atom. The minimum absolute atomic E-state index is 0.191. The van der Waals surface area contributed by atoms with Crippen LogP contribution in [0.25, 0.3) is 133 Å². The van der Waals surface area contributed by atoms with Crippen LogP contribution in [0.15, 0.2) is 244 Å². The van der Waals surface area contributed by atoms with Crippen molar-refractivity contribution in [3.8, 4) is 89.5 Å². The Morgan fingerprint density at radius 3 is 0.954 bits per heavy atom. The fraction of sp³-hybridized carbons (Fsp3) is 0.245. The standard InChI is InChI=1S/C27H26FN5O2.C26H26FN5O.C25H26FN5O.C24H24FN5O/c1-18-15-20(7-9-23(18)28)26-22(5-2-11-29-26)19-8-10-24-21(16-19)17-31-33(24)27(35)30-12-4-14-32-13-3-6-25(32)34;1-18-15-20(6-8-23(18)27)25-22(5-4-10-28-25)19-7-9-24-21(16-19)17-30-32(24)26(33)29-11-14-31-12-2-3-13-31;1-17-14-19(7-9-22(17)26)24-21(6-4-11-27-24)18-8-10-23-20(15-18)16-29-31(23)25(32)28-12-5-13-30(2)3;1-16-13-18(6-8-21(16)25)23-20(5-4-10-26-23)17-7-9-22-19(14-17)15-28-30(22)24(31)27-11-12-29(2)3/h2,5,7-11,15-17H,3-4,6,12-14H2,1H3,(H,30,35);4-10,15-17H,2-3,11-14H2,1H3,(H,29,33);4,6-11,14-16H,5,12-13H2,1-3H3,(H,28,32);4-10,13-15H,11-12H2,1-3H3,(H,27,31). The van der Waals surface area contributed by atoms with Crippen molar-refractivity contribution in [3.05, 3.63) is 289 Å². The summed E-state index contributed by atoms with van der Waals surface area (Å²) >= 11 is 0. The molecule has 8 aromatic heterocycles. The number of fused-ring (bicyclic) bond motifs is 4. The van der Waals surface area contributed by atoms with E-state index in [0.29, 0.717) is 73.3 Å². The molecular weight excluding hydrogens is 1660 g/mol. The van der Waals surface area contributed by atoms with Crippen LogP contribution in [-0.4, -0.2) is 209 Å². The summed E-state index contributed by atoms with van der Waals surface area (Å²) in [6, 6.07) is 57.8. The molecule has 0 atom stereocenters. The molecular formula is C102H102F4N20O5. The molecule has 10 heterocycles. The fourth-order valence-corrected chi connectivity index (χ4v) is 16.1. The van der Waals surface area contributed by atoms with E-state index in [1.165, 1.54) is 55.8 Å². The number of aryl methyl sites for hydroxylation is 4. The monoisotopic (exact) mass is 1760 g/mol. The molecule has 25 nitrogen and oxygen atoms in total. The molecule has 668 valence electrons. The lowest BCUT2D eigenvalue weighted by molar-refractivity contribution is -0.127. The van der Waals surface area contributed by atoms with Crippen molar-refractivity contribution in [2.75, 3.05) is 100 Å². The van der Waals surface area contributed by atoms with Gasteiger partial charge in [0.1, 0.15) is 23.3 Å². The van der Waals surface area contributed by atoms with Gasteiger partial charge in [-0.15, -0.1) is 0 Å². The zero-order valence-electron chi connectivity index (χ0n) is 74.3. The first-order valence-corrected chi connectivity index (χ1v) is 43.7. The highest BCUT2D eigenvalue weighted by atomic mass is 19.1. The number of likely N-dealkylation sites (N-methyl/N-ethyl adjacent to an activating group) is 1. The second kappa shape index (κ2) is 42.0. The Labute approximate surface area is 756 Å². The number of aromatic nitrogens is 12. The topological polar surface area (TPSA) is 269 Å². The van der Waals surface area contributed by atoms with Gasteiger partial charge in [-0.05, 0) is 298 Å². The van der Waals surface area contributed by atoms with Crippen molar-refractivity contribution < 1.29 is 41.5 Å². The maximum absolute atomic E-state index is 13.8. The Balaban J connectivity index is 0.000000134. The quantitative estimate of drug-likeness (QED) is 0.0363. The maximum atomic E-state index is 13.8. The highest BCUT2D eigenvalue weighted by molar-refractivity contribution is 5.98. The summed E-state index contributed by atoms with van der Waals surface area (Å²) < 4.78 is 60.6. The highest BCUT2D eigenvalue weighted by Crippen LogP contribution is 2.39. The van der Waals surface area contributed by atoms with Crippen molar-refractivity contribution >= 4 is 73.6 Å². The maximum Gasteiger partial charge on any atom is 0.342 e. The molecule has 5 amide bonds. The number of hydrogen-bond donors (Lipinski definition) is 4. The number of halogens is 4. The van der Waals surface area contributed by atoms with E-state index in [1.807, 2.05) is 165 Å². The van der Waals surface area contributed by atoms with E-state index >= 15 is 0 Å². The fourth-order valence-electron chi connectivity index (χ4n) is 16.1. The molecule has 29 heteroatoms. The average Bonchev–Trinajstić information content (AvgIpc) is 1.62. The van der Waals surface area contributed by atoms with E-state index in [2.05, 4.69) is 71.4 Å². The number of amides is 5. The first-order valence-electron chi connectivity index (χ1n) is 43.7. The number of pyridine rings is 4. The lowest BCUT2D eigenvalue weighted by Gasteiger charge is -2.15. The number of likely N-dealkylation sites (tertiary alicyclic amines) is 2. The minimum Gasteiger partial charge on any atom is -0.343 e. The lowest BCUT2D eigenvalue weighted by atomic mass is 9.97. The Hall–Kier alpha value is -14.8. The third-order valence-electron chi connectivity index (χ3n) is 23.1. The molecule has 131 heavy (non-hydrogen) atoms. The number of benzene rings is 8. The van der Waals surface area contributed by atoms with Crippen LogP contribution < -0.4 is 21.3 Å². The van der Waals surface area contributed by atoms with Crippen LogP contribution in [0.3, 0.4) is 0 Å². The van der Waals surface area contributed by atoms with E-state index in [-0.39, 0.29) is 53.3 Å². The van der Waals surface area contributed by atoms with Gasteiger partial charge >= 0.3 is 24.1 Å². The molecule has 2 aliphatic rings. The van der Waals surface area contributed by atoms with Crippen LogP contribution in [0.5, 0.6) is 0 Å². The van der Waals surface area contributed by atoms with Gasteiger partial charge in [-0.25, -0.2) is 36.7 Å². The van der Waals surface area contributed by atoms with Crippen LogP contribution in [-0.2, 0) is 4.79 Å². The Morgan fingerprint density at radius 2 is 0.649 bits per heavy atom. The molecule has 16 aromatic rings. The number of carbonyl (C=O) groups is 5. The van der Waals surface area contributed by atoms with Gasteiger partial charge in [0, 0.05) is 150 Å². The van der Waals surface area contributed by atoms with Crippen LogP contribution in [0.1, 0.15) is 60.8 Å². The summed E-state index contributed by atoms with van der Waals surface area (Å²) in [6.07, 6.45) is 19.2. The molecule has 0 radical (unpaired) electrons. The van der Waals surface area contributed by atoms with Crippen LogP contribution >= 0.6 is 0 Å². The van der Waals surface area contributed by atoms with Crippen molar-refractivity contribution in [3.63, 3.8) is 0 Å². The molecule has 2 aliphatic heterocycles. The SMILES string of the molecule is Cc1cc(-c2ncccc2-c2ccc3c(cnn3C(=O)NCCCN(C)C)c2)ccc1F.Cc1cc(-c2ncccc2-c2ccc3c(cnn3C(=O)NCCCN3CCCC3=O)c2)ccc1F.Cc1cc(-c2ncccc2-c2ccc3c(cnn3C(=O)NCCN(C)C)c2)ccc1F.Cc1cc(-c2ncccc2-c2ccc3c(cnn3C(=O)NCCN3CCCC3)c2)ccc1F. The number of nitrogens with one attached hydrogen (secondary N) is 4. The van der Waals surface area contributed by atoms with Gasteiger partial charge in [0.15, 0.2) is 0 Å². The van der Waals surface area contributed by atoms with E-state index in [4.69, 9.17) is 0 Å². The van der Waals surface area contributed by atoms with E-state index in [9.17, 15) is 41.5 Å². The van der Waals surface area contributed by atoms with Crippen molar-refractivity contribution in [2.45, 2.75) is 66.2 Å². The summed E-state index contributed by atoms with van der Waals surface area (Å²) in [7, 11) is 7.92. The summed E-state index contributed by atoms with van der Waals surface area (Å²) in [6.45, 7) is 15.4. The van der Waals surface area contributed by atoms with Gasteiger partial charge in [-0.2, -0.15) is 39.1 Å². The number of rotatable bonds is 22. The second-order valence-corrected chi connectivity index (χ2v) is 33.0. The molecule has 4 N–H and O–H groups in total. The molecule has 0 saturated carbocycles. The summed E-state index contributed by atoms with van der Waals surface area (Å²) in [5, 5.41) is 32.2. The summed E-state index contributed by atoms with van der Waals surface area (Å²) in [5.41, 5.74) is 19.2. The molecule has 0 bridgehead atoms. The number of nitrogens with zero attached hydrogens (tertiary/aromatic N) is 16. The van der Waals surface area contributed by atoms with E-state index in [0.717, 1.165) is 180 Å². The lowest BCUT2D eigenvalue weighted by Crippen LogP contribution is -2.36. The zero-order chi connectivity index (χ0) is 91.8. The van der Waals surface area contributed by atoms with E-state index in [1.54, 1.807) is 120 Å². The first-order chi connectivity index (χ1) is 63.5. The zero-order valence-corrected chi connectivity index (χ0v) is 74.3. The van der Waals surface area contributed by atoms with Crippen LogP contribution in [0, 0.1) is 51.0 Å². The molecule has 2 saturated heterocycles. The normalized spacial score (nSPS) is 12.6. The molecule has 8 aromatic carbocycles. The smallest absolute Gasteiger partial charge is 0.342 e. The first kappa shape index (κ1) is 91.0. The third kappa shape index (κ3) is 21.8. The number of carbonyl (C=O) groups excluding carboxylic acids is 5. The van der Waals surface area contributed by atoms with Crippen molar-refractivity contribution in [1.82, 2.24) is 99.9 Å². The molecule has 0 aliphatic carbocycles. The van der Waals surface area contributed by atoms with Gasteiger partial charge in [-0.1, -0.05) is 48.5 Å². The van der Waals surface area contributed by atoms with Crippen LogP contribution in [0.2, 0.25) is 0 Å². The largest absolute Gasteiger partial charge is 0.343 e. The summed E-state index contributed by atoms with van der Waals surface area (Å²) in [5.74, 6) is -0.762. The van der Waals surface area contributed by atoms with Gasteiger partial charge in [0.05, 0.1) is 69.6 Å². The second-order valence-electron chi connectivity index (χ2n) is 33.0. The summed E-state index contributed by atoms with van der Waals surface area (Å²) in [4.78, 5) is 88.6. The van der Waals surface area contributed by atoms with Gasteiger partial charge in [0.25, 0.3) is 0 Å². The van der Waals surface area contributed by atoms with Gasteiger partial charge < -0.3 is 40.9 Å². The average molecular weight is 1760 g/mol. The Kier molecular flexibility index (Phi) is 29.1. The van der Waals surface area contributed by atoms with Crippen molar-refractivity contribution in [1.29, 1.82) is 0 Å². The third-order valence-corrected chi connectivity index (χ3v) is 23.1. The molecule has 0 unspecified atom stereocenters.